The van der Waals surface area contributed by atoms with Gasteiger partial charge in [-0.05, 0) is 54.1 Å². The van der Waals surface area contributed by atoms with Gasteiger partial charge in [0.2, 0.25) is 0 Å². The normalized spacial score (nSPS) is 10.7. The van der Waals surface area contributed by atoms with Gasteiger partial charge in [-0.25, -0.2) is 4.98 Å². The van der Waals surface area contributed by atoms with Crippen molar-refractivity contribution < 1.29 is 14.3 Å². The van der Waals surface area contributed by atoms with Gasteiger partial charge in [0.15, 0.2) is 0 Å². The van der Waals surface area contributed by atoms with Crippen LogP contribution >= 0.6 is 0 Å². The molecule has 0 spiro atoms. The van der Waals surface area contributed by atoms with Gasteiger partial charge in [0, 0.05) is 16.6 Å². The number of amides is 1. The number of carbonyl (C=O) groups is 1. The number of para-hydroxylation sites is 2. The van der Waals surface area contributed by atoms with Gasteiger partial charge in [0.25, 0.3) is 5.91 Å². The van der Waals surface area contributed by atoms with Crippen molar-refractivity contribution in [2.45, 2.75) is 6.61 Å². The van der Waals surface area contributed by atoms with Gasteiger partial charge in [-0.15, -0.1) is 0 Å². The number of hydrogen-bond donors (Lipinski definition) is 1. The summed E-state index contributed by atoms with van der Waals surface area (Å²) in [6.45, 7) is 0.477. The molecule has 0 aliphatic heterocycles. The van der Waals surface area contributed by atoms with Crippen LogP contribution in [-0.2, 0) is 6.61 Å². The van der Waals surface area contributed by atoms with Gasteiger partial charge >= 0.3 is 0 Å². The van der Waals surface area contributed by atoms with Crippen molar-refractivity contribution in [3.8, 4) is 22.8 Å². The predicted molar refractivity (Wildman–Crippen MR) is 139 cm³/mol. The second kappa shape index (κ2) is 10.1. The standard InChI is InChI=1S/C30H24N2O3/c1-34-24-17-15-23(16-18-24)31-30(33)27-19-29(32-28-10-6-5-9-26(27)28)22-13-11-21(12-14-22)20-35-25-7-3-2-4-8-25/h2-19H,20H2,1H3,(H,31,33). The maximum absolute atomic E-state index is 13.3. The topological polar surface area (TPSA) is 60.5 Å². The number of rotatable bonds is 7. The van der Waals surface area contributed by atoms with E-state index in [4.69, 9.17) is 14.5 Å². The minimum absolute atomic E-state index is 0.192. The summed E-state index contributed by atoms with van der Waals surface area (Å²) in [5.74, 6) is 1.38. The van der Waals surface area contributed by atoms with E-state index in [0.717, 1.165) is 39.2 Å². The summed E-state index contributed by atoms with van der Waals surface area (Å²) in [5, 5.41) is 3.78. The lowest BCUT2D eigenvalue weighted by atomic mass is 10.0. The van der Waals surface area contributed by atoms with Crippen LogP contribution in [0.3, 0.4) is 0 Å². The highest BCUT2D eigenvalue weighted by Crippen LogP contribution is 2.26. The maximum Gasteiger partial charge on any atom is 0.256 e. The summed E-state index contributed by atoms with van der Waals surface area (Å²) in [7, 11) is 1.61. The van der Waals surface area contributed by atoms with Gasteiger partial charge in [0.1, 0.15) is 18.1 Å². The van der Waals surface area contributed by atoms with Crippen molar-refractivity contribution in [2.24, 2.45) is 0 Å². The summed E-state index contributed by atoms with van der Waals surface area (Å²) < 4.78 is 11.0. The van der Waals surface area contributed by atoms with Crippen LogP contribution in [0.5, 0.6) is 11.5 Å². The van der Waals surface area contributed by atoms with Gasteiger partial charge in [-0.1, -0.05) is 60.7 Å². The van der Waals surface area contributed by atoms with E-state index >= 15 is 0 Å². The van der Waals surface area contributed by atoms with Crippen molar-refractivity contribution in [3.05, 3.63) is 120 Å². The number of pyridine rings is 1. The lowest BCUT2D eigenvalue weighted by Gasteiger charge is -2.12. The summed E-state index contributed by atoms with van der Waals surface area (Å²) >= 11 is 0. The second-order valence-corrected chi connectivity index (χ2v) is 8.05. The fourth-order valence-corrected chi connectivity index (χ4v) is 3.84. The van der Waals surface area contributed by atoms with E-state index in [-0.39, 0.29) is 5.91 Å². The van der Waals surface area contributed by atoms with E-state index in [2.05, 4.69) is 5.32 Å². The monoisotopic (exact) mass is 460 g/mol. The molecule has 0 atom stereocenters. The lowest BCUT2D eigenvalue weighted by molar-refractivity contribution is 0.102. The van der Waals surface area contributed by atoms with E-state index in [0.29, 0.717) is 17.9 Å². The van der Waals surface area contributed by atoms with Crippen molar-refractivity contribution in [1.82, 2.24) is 4.98 Å². The number of nitrogens with zero attached hydrogens (tertiary/aromatic N) is 1. The summed E-state index contributed by atoms with van der Waals surface area (Å²) in [4.78, 5) is 18.1. The third kappa shape index (κ3) is 5.14. The molecule has 0 saturated heterocycles. The molecule has 172 valence electrons. The molecule has 35 heavy (non-hydrogen) atoms. The molecule has 5 nitrogen and oxygen atoms in total. The number of hydrogen-bond acceptors (Lipinski definition) is 4. The van der Waals surface area contributed by atoms with E-state index in [1.54, 1.807) is 7.11 Å². The first-order chi connectivity index (χ1) is 17.2. The number of benzene rings is 4. The molecular weight excluding hydrogens is 436 g/mol. The SMILES string of the molecule is COc1ccc(NC(=O)c2cc(-c3ccc(COc4ccccc4)cc3)nc3ccccc23)cc1. The first kappa shape index (κ1) is 22.2. The Kier molecular flexibility index (Phi) is 6.39. The molecule has 1 heterocycles. The number of anilines is 1. The van der Waals surface area contributed by atoms with E-state index < -0.39 is 0 Å². The predicted octanol–water partition coefficient (Wildman–Crippen LogP) is 6.74. The molecule has 1 aromatic heterocycles. The fraction of sp³-hybridized carbons (Fsp3) is 0.0667. The number of methoxy groups -OCH3 is 1. The minimum atomic E-state index is -0.192. The second-order valence-electron chi connectivity index (χ2n) is 8.05. The number of fused-ring (bicyclic) bond motifs is 1. The van der Waals surface area contributed by atoms with Crippen molar-refractivity contribution >= 4 is 22.5 Å². The van der Waals surface area contributed by atoms with E-state index in [9.17, 15) is 4.79 Å². The molecule has 5 heteroatoms. The first-order valence-corrected chi connectivity index (χ1v) is 11.3. The first-order valence-electron chi connectivity index (χ1n) is 11.3. The average molecular weight is 461 g/mol. The molecule has 0 bridgehead atoms. The zero-order valence-corrected chi connectivity index (χ0v) is 19.3. The third-order valence-electron chi connectivity index (χ3n) is 5.71. The Bertz CT molecular complexity index is 1450. The highest BCUT2D eigenvalue weighted by molar-refractivity contribution is 6.13. The number of ether oxygens (including phenoxy) is 2. The molecule has 1 N–H and O–H groups in total. The Hall–Kier alpha value is -4.64. The fourth-order valence-electron chi connectivity index (χ4n) is 3.84. The highest BCUT2D eigenvalue weighted by atomic mass is 16.5. The lowest BCUT2D eigenvalue weighted by Crippen LogP contribution is -2.13. The molecule has 5 rings (SSSR count). The number of aromatic nitrogens is 1. The van der Waals surface area contributed by atoms with Crippen LogP contribution in [0, 0.1) is 0 Å². The quantitative estimate of drug-likeness (QED) is 0.292. The Morgan fingerprint density at radius 2 is 1.51 bits per heavy atom. The number of carbonyl (C=O) groups excluding carboxylic acids is 1. The number of nitrogens with one attached hydrogen (secondary N) is 1. The van der Waals surface area contributed by atoms with Crippen LogP contribution in [-0.4, -0.2) is 18.0 Å². The van der Waals surface area contributed by atoms with Crippen LogP contribution in [0.1, 0.15) is 15.9 Å². The minimum Gasteiger partial charge on any atom is -0.497 e. The van der Waals surface area contributed by atoms with Crippen LogP contribution in [0.4, 0.5) is 5.69 Å². The average Bonchev–Trinajstić information content (AvgIpc) is 2.92. The van der Waals surface area contributed by atoms with Crippen LogP contribution < -0.4 is 14.8 Å². The smallest absolute Gasteiger partial charge is 0.256 e. The molecule has 0 aliphatic rings. The maximum atomic E-state index is 13.3. The summed E-state index contributed by atoms with van der Waals surface area (Å²) in [6.07, 6.45) is 0. The molecule has 0 fully saturated rings. The molecule has 5 aromatic rings. The molecule has 0 aliphatic carbocycles. The molecule has 0 saturated carbocycles. The molecular formula is C30H24N2O3. The Labute approximate surface area is 204 Å². The van der Waals surface area contributed by atoms with Crippen molar-refractivity contribution in [3.63, 3.8) is 0 Å². The van der Waals surface area contributed by atoms with E-state index in [1.807, 2.05) is 109 Å². The van der Waals surface area contributed by atoms with Crippen molar-refractivity contribution in [1.29, 1.82) is 0 Å². The highest BCUT2D eigenvalue weighted by Gasteiger charge is 2.14. The summed E-state index contributed by atoms with van der Waals surface area (Å²) in [6, 6.07) is 34.6. The Morgan fingerprint density at radius 1 is 0.800 bits per heavy atom. The molecule has 0 unspecified atom stereocenters. The van der Waals surface area contributed by atoms with Crippen LogP contribution in [0.2, 0.25) is 0 Å². The van der Waals surface area contributed by atoms with Gasteiger partial charge < -0.3 is 14.8 Å². The molecule has 1 amide bonds. The van der Waals surface area contributed by atoms with Gasteiger partial charge in [-0.3, -0.25) is 4.79 Å². The van der Waals surface area contributed by atoms with Gasteiger partial charge in [0.05, 0.1) is 23.9 Å². The zero-order chi connectivity index (χ0) is 24.0. The molecule has 0 radical (unpaired) electrons. The molecule has 4 aromatic carbocycles. The van der Waals surface area contributed by atoms with E-state index in [1.165, 1.54) is 0 Å². The summed E-state index contributed by atoms with van der Waals surface area (Å²) in [5.41, 5.74) is 4.74. The zero-order valence-electron chi connectivity index (χ0n) is 19.3. The van der Waals surface area contributed by atoms with Crippen LogP contribution in [0.15, 0.2) is 109 Å². The largest absolute Gasteiger partial charge is 0.497 e. The third-order valence-corrected chi connectivity index (χ3v) is 5.71. The Balaban J connectivity index is 1.41. The Morgan fingerprint density at radius 3 is 2.26 bits per heavy atom. The van der Waals surface area contributed by atoms with Crippen molar-refractivity contribution in [2.75, 3.05) is 12.4 Å². The van der Waals surface area contributed by atoms with Crippen LogP contribution in [0.25, 0.3) is 22.2 Å². The van der Waals surface area contributed by atoms with Gasteiger partial charge in [-0.2, -0.15) is 0 Å².